The standard InChI is InChI=1S/C23H23F2IN6O3S/c1-26-21-18(31-36(33,34)12-2-7-24)4-3-16(25)23(21)29-17-5-6-19-22(15(17)13-27)30-20(14-28-19)32-8-10-35-11-9-32/h3-6,14,29,31H,1-2,7-12H2. The molecule has 0 bridgehead atoms. The molecule has 1 saturated heterocycles. The molecule has 3 aromatic rings. The molecule has 2 N–H and O–H groups in total. The zero-order valence-corrected chi connectivity index (χ0v) is 22.1. The van der Waals surface area contributed by atoms with Crippen molar-refractivity contribution in [2.45, 2.75) is 6.42 Å². The molecule has 1 aliphatic rings. The van der Waals surface area contributed by atoms with Crippen LogP contribution in [-0.2, 0) is 14.8 Å². The van der Waals surface area contributed by atoms with Crippen molar-refractivity contribution < 1.29 is 21.9 Å². The van der Waals surface area contributed by atoms with E-state index < -0.39 is 49.0 Å². The number of alkyl halides is 1. The zero-order valence-electron chi connectivity index (χ0n) is 19.1. The van der Waals surface area contributed by atoms with Gasteiger partial charge in [-0.3, -0.25) is 14.1 Å². The second kappa shape index (κ2) is 11.4. The van der Waals surface area contributed by atoms with E-state index in [-0.39, 0.29) is 23.4 Å². The lowest BCUT2D eigenvalue weighted by Crippen LogP contribution is -2.36. The molecule has 1 fully saturated rings. The number of fused-ring (bicyclic) bond motifs is 1. The van der Waals surface area contributed by atoms with Crippen molar-refractivity contribution in [3.05, 3.63) is 45.4 Å². The summed E-state index contributed by atoms with van der Waals surface area (Å²) in [5.41, 5.74) is 1.55. The summed E-state index contributed by atoms with van der Waals surface area (Å²) in [4.78, 5) is 11.1. The number of morpholine rings is 1. The Hall–Kier alpha value is -2.96. The summed E-state index contributed by atoms with van der Waals surface area (Å²) >= 11 is -1.06. The molecule has 0 unspecified atom stereocenters. The number of nitrogens with zero attached hydrogens (tertiary/aromatic N) is 4. The molecule has 1 aliphatic heterocycles. The van der Waals surface area contributed by atoms with Crippen LogP contribution in [0.1, 0.15) is 12.0 Å². The number of halogens is 3. The Morgan fingerprint density at radius 2 is 1.97 bits per heavy atom. The maximum Gasteiger partial charge on any atom is 0.232 e. The third-order valence-electron chi connectivity index (χ3n) is 5.45. The van der Waals surface area contributed by atoms with Gasteiger partial charge in [-0.25, -0.2) is 17.8 Å². The number of hydrogen-bond donors (Lipinski definition) is 2. The highest BCUT2D eigenvalue weighted by atomic mass is 127. The van der Waals surface area contributed by atoms with Gasteiger partial charge in [0.1, 0.15) is 28.8 Å². The summed E-state index contributed by atoms with van der Waals surface area (Å²) < 4.78 is 64.2. The molecule has 4 rings (SSSR count). The van der Waals surface area contributed by atoms with Gasteiger partial charge < -0.3 is 15.0 Å². The molecule has 36 heavy (non-hydrogen) atoms. The van der Waals surface area contributed by atoms with Crippen molar-refractivity contribution in [3.63, 3.8) is 0 Å². The summed E-state index contributed by atoms with van der Waals surface area (Å²) in [7, 11) is -3.82. The molecule has 0 radical (unpaired) electrons. The van der Waals surface area contributed by atoms with Gasteiger partial charge in [0.05, 0.1) is 58.0 Å². The molecule has 0 saturated carbocycles. The fraction of sp³-hybridized carbons (Fsp3) is 0.304. The number of nitriles is 1. The van der Waals surface area contributed by atoms with Gasteiger partial charge >= 0.3 is 0 Å². The highest BCUT2D eigenvalue weighted by Gasteiger charge is 2.20. The number of sulfonamides is 1. The van der Waals surface area contributed by atoms with Gasteiger partial charge in [0.15, 0.2) is 0 Å². The van der Waals surface area contributed by atoms with Gasteiger partial charge in [0, 0.05) is 13.1 Å². The molecule has 2 heterocycles. The fourth-order valence-electron chi connectivity index (χ4n) is 3.71. The number of hydrogen-bond acceptors (Lipinski definition) is 8. The lowest BCUT2D eigenvalue weighted by atomic mass is 10.1. The third kappa shape index (κ3) is 5.71. The first-order valence-corrected chi connectivity index (χ1v) is 15.2. The highest BCUT2D eigenvalue weighted by molar-refractivity contribution is 14.2. The maximum atomic E-state index is 15.0. The van der Waals surface area contributed by atoms with Crippen molar-refractivity contribution in [1.29, 1.82) is 5.26 Å². The van der Waals surface area contributed by atoms with Gasteiger partial charge in [-0.2, -0.15) is 5.26 Å². The lowest BCUT2D eigenvalue weighted by Gasteiger charge is -2.27. The van der Waals surface area contributed by atoms with Crippen molar-refractivity contribution >= 4 is 69.2 Å². The molecule has 0 spiro atoms. The van der Waals surface area contributed by atoms with Gasteiger partial charge in [-0.1, -0.05) is 25.2 Å². The molecule has 0 aliphatic carbocycles. The maximum absolute atomic E-state index is 15.0. The second-order valence-electron chi connectivity index (χ2n) is 7.80. The van der Waals surface area contributed by atoms with Crippen LogP contribution in [0.25, 0.3) is 11.0 Å². The van der Waals surface area contributed by atoms with Crippen molar-refractivity contribution in [2.75, 3.05) is 53.7 Å². The molecule has 0 amide bonds. The normalized spacial score (nSPS) is 14.0. The van der Waals surface area contributed by atoms with E-state index >= 15 is 0 Å². The first kappa shape index (κ1) is 26.1. The largest absolute Gasteiger partial charge is 0.378 e. The zero-order chi connectivity index (χ0) is 25.7. The van der Waals surface area contributed by atoms with Crippen molar-refractivity contribution in [3.8, 4) is 6.07 Å². The Balaban J connectivity index is 1.74. The van der Waals surface area contributed by atoms with E-state index in [9.17, 15) is 22.5 Å². The Kier molecular flexibility index (Phi) is 8.27. The van der Waals surface area contributed by atoms with Crippen LogP contribution in [0.4, 0.5) is 31.7 Å². The molecule has 0 atom stereocenters. The predicted octanol–water partition coefficient (Wildman–Crippen LogP) is 3.89. The number of anilines is 4. The number of rotatable bonds is 9. The van der Waals surface area contributed by atoms with Gasteiger partial charge in [-0.15, -0.1) is 0 Å². The van der Waals surface area contributed by atoms with Gasteiger partial charge in [-0.05, 0) is 30.7 Å². The van der Waals surface area contributed by atoms with Gasteiger partial charge in [0.2, 0.25) is 10.0 Å². The number of benzene rings is 2. The monoisotopic (exact) mass is 628 g/mol. The minimum atomic E-state index is -3.82. The third-order valence-corrected chi connectivity index (χ3v) is 8.69. The van der Waals surface area contributed by atoms with Crippen molar-refractivity contribution in [1.82, 2.24) is 9.97 Å². The molecule has 2 aromatic carbocycles. The molecule has 1 aromatic heterocycles. The Morgan fingerprint density at radius 3 is 2.67 bits per heavy atom. The van der Waals surface area contributed by atoms with Crippen LogP contribution in [-0.4, -0.2) is 61.6 Å². The predicted molar refractivity (Wildman–Crippen MR) is 145 cm³/mol. The highest BCUT2D eigenvalue weighted by Crippen LogP contribution is 2.36. The Morgan fingerprint density at radius 1 is 1.22 bits per heavy atom. The summed E-state index contributed by atoms with van der Waals surface area (Å²) in [6, 6.07) is 7.86. The van der Waals surface area contributed by atoms with E-state index in [1.165, 1.54) is 6.07 Å². The van der Waals surface area contributed by atoms with E-state index in [0.717, 1.165) is 6.07 Å². The average molecular weight is 628 g/mol. The first-order chi connectivity index (χ1) is 17.4. The first-order valence-electron chi connectivity index (χ1n) is 10.9. The summed E-state index contributed by atoms with van der Waals surface area (Å²) in [6.07, 6.45) is 1.50. The minimum absolute atomic E-state index is 0.0247. The van der Waals surface area contributed by atoms with E-state index in [1.807, 2.05) is 4.90 Å². The van der Waals surface area contributed by atoms with Gasteiger partial charge in [0.25, 0.3) is 0 Å². The summed E-state index contributed by atoms with van der Waals surface area (Å²) in [5, 5.41) is 12.9. The van der Waals surface area contributed by atoms with Crippen molar-refractivity contribution in [2.24, 2.45) is 0 Å². The van der Waals surface area contributed by atoms with E-state index in [0.29, 0.717) is 52.4 Å². The molecular weight excluding hydrogens is 605 g/mol. The molecule has 9 nitrogen and oxygen atoms in total. The molecular formula is C23H23F2IN6O3S. The van der Waals surface area contributed by atoms with E-state index in [4.69, 9.17) is 4.74 Å². The van der Waals surface area contributed by atoms with Crippen LogP contribution in [0.2, 0.25) is 0 Å². The number of ether oxygens (including phenoxy) is 1. The van der Waals surface area contributed by atoms with Crippen LogP contribution in [0.15, 0.2) is 30.5 Å². The molecule has 190 valence electrons. The Bertz CT molecular complexity index is 1440. The smallest absolute Gasteiger partial charge is 0.232 e. The van der Waals surface area contributed by atoms with Crippen LogP contribution in [0, 0.1) is 20.7 Å². The number of nitrogens with one attached hydrogen (secondary N) is 2. The van der Waals surface area contributed by atoms with Crippen LogP contribution in [0.5, 0.6) is 0 Å². The van der Waals surface area contributed by atoms with E-state index in [1.54, 1.807) is 18.3 Å². The SMILES string of the molecule is C=Ic1c(NS(=O)(=O)CCCF)ccc(F)c1Nc1ccc2ncc(N3CCOCC3)nc2c1C#N. The van der Waals surface area contributed by atoms with Crippen LogP contribution < -0.4 is 14.9 Å². The summed E-state index contributed by atoms with van der Waals surface area (Å²) in [6.45, 7) is 1.67. The van der Waals surface area contributed by atoms with Crippen LogP contribution in [0.3, 0.4) is 0 Å². The summed E-state index contributed by atoms with van der Waals surface area (Å²) in [5.74, 6) is -0.414. The number of aromatic nitrogens is 2. The molecule has 13 heteroatoms. The lowest BCUT2D eigenvalue weighted by molar-refractivity contribution is 0.122. The average Bonchev–Trinajstić information content (AvgIpc) is 2.89. The Labute approximate surface area is 217 Å². The van der Waals surface area contributed by atoms with Crippen LogP contribution >= 0.6 is 20.7 Å². The minimum Gasteiger partial charge on any atom is -0.378 e. The topological polar surface area (TPSA) is 120 Å². The quantitative estimate of drug-likeness (QED) is 0.343. The fourth-order valence-corrected chi connectivity index (χ4v) is 6.49. The second-order valence-corrected chi connectivity index (χ2v) is 11.5. The van der Waals surface area contributed by atoms with E-state index in [2.05, 4.69) is 30.6 Å².